The molecule has 0 aromatic carbocycles. The molecule has 3 N–H and O–H groups in total. The first-order valence-corrected chi connectivity index (χ1v) is 7.41. The van der Waals surface area contributed by atoms with Crippen molar-refractivity contribution in [2.45, 2.75) is 50.4 Å². The van der Waals surface area contributed by atoms with E-state index in [4.69, 9.17) is 4.74 Å². The molecule has 1 heterocycles. The lowest BCUT2D eigenvalue weighted by Gasteiger charge is -2.37. The van der Waals surface area contributed by atoms with Crippen molar-refractivity contribution >= 4 is 5.97 Å². The van der Waals surface area contributed by atoms with Gasteiger partial charge in [-0.2, -0.15) is 0 Å². The second-order valence-corrected chi connectivity index (χ2v) is 6.08. The lowest BCUT2D eigenvalue weighted by Crippen LogP contribution is -2.46. The van der Waals surface area contributed by atoms with E-state index in [0.717, 1.165) is 0 Å². The van der Waals surface area contributed by atoms with E-state index >= 15 is 0 Å². The van der Waals surface area contributed by atoms with Crippen LogP contribution < -0.4 is 0 Å². The van der Waals surface area contributed by atoms with E-state index in [1.807, 2.05) is 4.90 Å². The highest BCUT2D eigenvalue weighted by molar-refractivity contribution is 5.72. The minimum absolute atomic E-state index is 0.106. The molecule has 6 heteroatoms. The second-order valence-electron chi connectivity index (χ2n) is 6.08. The summed E-state index contributed by atoms with van der Waals surface area (Å²) in [7, 11) is 0. The van der Waals surface area contributed by atoms with Crippen molar-refractivity contribution in [3.63, 3.8) is 0 Å². The van der Waals surface area contributed by atoms with Gasteiger partial charge in [0.15, 0.2) is 0 Å². The summed E-state index contributed by atoms with van der Waals surface area (Å²) in [5, 5.41) is 29.6. The van der Waals surface area contributed by atoms with Crippen LogP contribution in [0.4, 0.5) is 0 Å². The largest absolute Gasteiger partial charge is 0.466 e. The summed E-state index contributed by atoms with van der Waals surface area (Å²) in [6, 6.07) is 0. The van der Waals surface area contributed by atoms with Crippen LogP contribution in [0.2, 0.25) is 0 Å². The van der Waals surface area contributed by atoms with Crippen molar-refractivity contribution in [2.75, 3.05) is 26.2 Å². The van der Waals surface area contributed by atoms with Crippen LogP contribution in [-0.4, -0.2) is 70.2 Å². The number of aliphatic hydroxyl groups excluding tert-OH is 2. The molecule has 6 nitrogen and oxygen atoms in total. The van der Waals surface area contributed by atoms with Crippen LogP contribution in [0, 0.1) is 5.92 Å². The monoisotopic (exact) mass is 287 g/mol. The van der Waals surface area contributed by atoms with Gasteiger partial charge in [-0.3, -0.25) is 9.69 Å². The normalized spacial score (nSPS) is 38.9. The highest BCUT2D eigenvalue weighted by Crippen LogP contribution is 2.34. The number of rotatable bonds is 4. The van der Waals surface area contributed by atoms with Crippen molar-refractivity contribution < 1.29 is 24.9 Å². The maximum absolute atomic E-state index is 11.7. The molecule has 0 aromatic heterocycles. The molecule has 1 aliphatic heterocycles. The third-order valence-corrected chi connectivity index (χ3v) is 4.39. The minimum Gasteiger partial charge on any atom is -0.466 e. The fraction of sp³-hybridized carbons (Fsp3) is 0.929. The summed E-state index contributed by atoms with van der Waals surface area (Å²) >= 11 is 0. The van der Waals surface area contributed by atoms with E-state index in [-0.39, 0.29) is 11.9 Å². The van der Waals surface area contributed by atoms with Crippen LogP contribution >= 0.6 is 0 Å². The maximum atomic E-state index is 11.7. The molecule has 1 saturated carbocycles. The molecule has 116 valence electrons. The molecule has 0 radical (unpaired) electrons. The van der Waals surface area contributed by atoms with Gasteiger partial charge >= 0.3 is 5.97 Å². The lowest BCUT2D eigenvalue weighted by molar-refractivity contribution is -0.151. The molecule has 2 aliphatic rings. The van der Waals surface area contributed by atoms with Crippen molar-refractivity contribution in [2.24, 2.45) is 5.92 Å². The maximum Gasteiger partial charge on any atom is 0.308 e. The third kappa shape index (κ3) is 3.69. The highest BCUT2D eigenvalue weighted by atomic mass is 16.5. The molecule has 2 fully saturated rings. The number of aliphatic hydroxyl groups is 3. The van der Waals surface area contributed by atoms with Gasteiger partial charge in [-0.25, -0.2) is 0 Å². The van der Waals surface area contributed by atoms with Gasteiger partial charge in [-0.05, 0) is 32.6 Å². The molecule has 2 rings (SSSR count). The summed E-state index contributed by atoms with van der Waals surface area (Å²) in [4.78, 5) is 13.5. The van der Waals surface area contributed by atoms with Gasteiger partial charge < -0.3 is 20.1 Å². The van der Waals surface area contributed by atoms with Crippen LogP contribution in [0.1, 0.15) is 32.6 Å². The number of likely N-dealkylation sites (tertiary alicyclic amines) is 1. The Morgan fingerprint density at radius 1 is 1.25 bits per heavy atom. The molecule has 2 atom stereocenters. The number of nitrogens with zero attached hydrogens (tertiary/aromatic N) is 1. The number of β-amino-alcohol motifs (C(OH)–C–C–N with tert-alkyl or cyclic N) is 3. The lowest BCUT2D eigenvalue weighted by atomic mass is 9.78. The zero-order chi connectivity index (χ0) is 14.8. The van der Waals surface area contributed by atoms with E-state index < -0.39 is 17.8 Å². The molecular formula is C14H25NO5. The molecule has 0 aromatic rings. The van der Waals surface area contributed by atoms with E-state index in [9.17, 15) is 20.1 Å². The number of esters is 1. The summed E-state index contributed by atoms with van der Waals surface area (Å²) in [6.07, 6.45) is 0.921. The van der Waals surface area contributed by atoms with Crippen molar-refractivity contribution in [1.29, 1.82) is 0 Å². The van der Waals surface area contributed by atoms with Gasteiger partial charge in [-0.15, -0.1) is 0 Å². The Bertz CT molecular complexity index is 330. The van der Waals surface area contributed by atoms with Crippen LogP contribution in [0.25, 0.3) is 0 Å². The Labute approximate surface area is 119 Å². The summed E-state index contributed by atoms with van der Waals surface area (Å²) in [5.74, 6) is -0.272. The molecule has 1 aliphatic carbocycles. The minimum atomic E-state index is -0.827. The van der Waals surface area contributed by atoms with Crippen molar-refractivity contribution in [3.8, 4) is 0 Å². The molecule has 1 saturated heterocycles. The first kappa shape index (κ1) is 15.7. The van der Waals surface area contributed by atoms with Gasteiger partial charge in [0.05, 0.1) is 30.3 Å². The SMILES string of the molecule is CCOC(=O)C1CCC(O)(CN2CC(O)C(O)C2)CC1. The van der Waals surface area contributed by atoms with E-state index in [2.05, 4.69) is 0 Å². The highest BCUT2D eigenvalue weighted by Gasteiger charge is 2.40. The van der Waals surface area contributed by atoms with E-state index in [1.54, 1.807) is 6.92 Å². The van der Waals surface area contributed by atoms with Crippen LogP contribution in [0.3, 0.4) is 0 Å². The van der Waals surface area contributed by atoms with Gasteiger partial charge in [-0.1, -0.05) is 0 Å². The quantitative estimate of drug-likeness (QED) is 0.604. The zero-order valence-electron chi connectivity index (χ0n) is 12.0. The number of carbonyl (C=O) groups is 1. The Kier molecular flexibility index (Phi) is 5.01. The zero-order valence-corrected chi connectivity index (χ0v) is 12.0. The summed E-state index contributed by atoms with van der Waals surface area (Å²) < 4.78 is 5.01. The Morgan fingerprint density at radius 3 is 2.30 bits per heavy atom. The van der Waals surface area contributed by atoms with E-state index in [1.165, 1.54) is 0 Å². The standard InChI is InChI=1S/C14H25NO5/c1-2-20-13(18)10-3-5-14(19,6-4-10)9-15-7-11(16)12(17)8-15/h10-12,16-17,19H,2-9H2,1H3. The Morgan fingerprint density at radius 2 is 1.80 bits per heavy atom. The third-order valence-electron chi connectivity index (χ3n) is 4.39. The molecule has 0 amide bonds. The average molecular weight is 287 g/mol. The number of hydrogen-bond acceptors (Lipinski definition) is 6. The van der Waals surface area contributed by atoms with Gasteiger partial charge in [0.2, 0.25) is 0 Å². The molecule has 0 spiro atoms. The first-order valence-electron chi connectivity index (χ1n) is 7.41. The number of hydrogen-bond donors (Lipinski definition) is 3. The van der Waals surface area contributed by atoms with Gasteiger partial charge in [0.25, 0.3) is 0 Å². The average Bonchev–Trinajstić information content (AvgIpc) is 2.68. The van der Waals surface area contributed by atoms with Crippen LogP contribution in [-0.2, 0) is 9.53 Å². The second kappa shape index (κ2) is 6.39. The smallest absolute Gasteiger partial charge is 0.308 e. The van der Waals surface area contributed by atoms with Crippen molar-refractivity contribution in [3.05, 3.63) is 0 Å². The Hall–Kier alpha value is -0.690. The number of carbonyl (C=O) groups excluding carboxylic acids is 1. The number of ether oxygens (including phenoxy) is 1. The van der Waals surface area contributed by atoms with Crippen LogP contribution in [0.15, 0.2) is 0 Å². The Balaban J connectivity index is 1.81. The first-order chi connectivity index (χ1) is 9.43. The molecule has 20 heavy (non-hydrogen) atoms. The predicted molar refractivity (Wildman–Crippen MR) is 72.0 cm³/mol. The fourth-order valence-electron chi connectivity index (χ4n) is 3.20. The molecule has 2 unspecified atom stereocenters. The summed E-state index contributed by atoms with van der Waals surface area (Å²) in [6.45, 7) is 3.41. The van der Waals surface area contributed by atoms with Gasteiger partial charge in [0, 0.05) is 19.6 Å². The topological polar surface area (TPSA) is 90.2 Å². The van der Waals surface area contributed by atoms with Crippen molar-refractivity contribution in [1.82, 2.24) is 4.90 Å². The fourth-order valence-corrected chi connectivity index (χ4v) is 3.20. The summed E-state index contributed by atoms with van der Waals surface area (Å²) in [5.41, 5.74) is -0.827. The van der Waals surface area contributed by atoms with E-state index in [0.29, 0.717) is 51.9 Å². The molecular weight excluding hydrogens is 262 g/mol. The predicted octanol–water partition coefficient (Wildman–Crippen LogP) is -0.492. The van der Waals surface area contributed by atoms with Gasteiger partial charge in [0.1, 0.15) is 0 Å². The molecule has 0 bridgehead atoms. The van der Waals surface area contributed by atoms with Crippen LogP contribution in [0.5, 0.6) is 0 Å².